The Balaban J connectivity index is 1.50. The van der Waals surface area contributed by atoms with Crippen molar-refractivity contribution in [1.29, 1.82) is 0 Å². The number of aromatic amines is 1. The van der Waals surface area contributed by atoms with Crippen LogP contribution in [0.25, 0.3) is 11.0 Å². The third kappa shape index (κ3) is 4.20. The van der Waals surface area contributed by atoms with Crippen molar-refractivity contribution in [3.05, 3.63) is 48.0 Å². The van der Waals surface area contributed by atoms with Crippen molar-refractivity contribution in [3.63, 3.8) is 0 Å². The molecule has 136 valence electrons. The molecule has 0 unspecified atom stereocenters. The number of carbonyl (C=O) groups excluding carboxylic acids is 1. The number of nitrogens with one attached hydrogen (secondary N) is 3. The van der Waals surface area contributed by atoms with Crippen LogP contribution in [0.4, 0.5) is 4.79 Å². The number of methoxy groups -OCH3 is 2. The smallest absolute Gasteiger partial charge is 0.325 e. The van der Waals surface area contributed by atoms with Crippen molar-refractivity contribution in [2.75, 3.05) is 20.8 Å². The van der Waals surface area contributed by atoms with E-state index in [1.165, 1.54) is 0 Å². The fourth-order valence-corrected chi connectivity index (χ4v) is 3.15. The summed E-state index contributed by atoms with van der Waals surface area (Å²) in [6.07, 6.45) is 0.593. The van der Waals surface area contributed by atoms with E-state index in [1.54, 1.807) is 14.2 Å². The molecule has 2 aromatic carbocycles. The molecule has 0 radical (unpaired) electrons. The number of imidazole rings is 1. The predicted molar refractivity (Wildman–Crippen MR) is 102 cm³/mol. The van der Waals surface area contributed by atoms with Crippen LogP contribution in [0.5, 0.6) is 11.5 Å². The van der Waals surface area contributed by atoms with Gasteiger partial charge < -0.3 is 19.8 Å². The zero-order valence-corrected chi connectivity index (χ0v) is 15.4. The van der Waals surface area contributed by atoms with E-state index >= 15 is 0 Å². The number of ether oxygens (including phenoxy) is 2. The van der Waals surface area contributed by atoms with Gasteiger partial charge in [0.1, 0.15) is 11.5 Å². The van der Waals surface area contributed by atoms with E-state index in [0.29, 0.717) is 18.1 Å². The lowest BCUT2D eigenvalue weighted by molar-refractivity contribution is 0.246. The highest BCUT2D eigenvalue weighted by Crippen LogP contribution is 2.28. The number of nitrogens with zero attached hydrogens (tertiary/aromatic N) is 1. The molecule has 1 heterocycles. The van der Waals surface area contributed by atoms with Gasteiger partial charge in [-0.1, -0.05) is 18.2 Å². The molecule has 7 nitrogen and oxygen atoms in total. The van der Waals surface area contributed by atoms with E-state index in [-0.39, 0.29) is 6.03 Å². The number of benzene rings is 2. The van der Waals surface area contributed by atoms with Crippen molar-refractivity contribution in [2.45, 2.75) is 11.6 Å². The van der Waals surface area contributed by atoms with Gasteiger partial charge in [0.2, 0.25) is 0 Å². The first-order valence-electron chi connectivity index (χ1n) is 8.06. The summed E-state index contributed by atoms with van der Waals surface area (Å²) in [6.45, 7) is 0.448. The summed E-state index contributed by atoms with van der Waals surface area (Å²) in [5.41, 5.74) is 2.71. The van der Waals surface area contributed by atoms with Gasteiger partial charge >= 0.3 is 6.03 Å². The summed E-state index contributed by atoms with van der Waals surface area (Å²) >= 11 is 1.14. The van der Waals surface area contributed by atoms with Crippen LogP contribution < -0.4 is 19.5 Å². The number of carbonyl (C=O) groups is 1. The third-order valence-electron chi connectivity index (χ3n) is 3.80. The van der Waals surface area contributed by atoms with E-state index in [1.807, 2.05) is 42.5 Å². The lowest BCUT2D eigenvalue weighted by atomic mass is 10.1. The van der Waals surface area contributed by atoms with E-state index in [9.17, 15) is 4.79 Å². The lowest BCUT2D eigenvalue weighted by Crippen LogP contribution is -2.32. The van der Waals surface area contributed by atoms with Gasteiger partial charge in [-0.05, 0) is 30.7 Å². The first-order valence-corrected chi connectivity index (χ1v) is 8.88. The SMILES string of the molecule is COc1cccc(OC)c1CCNC(=O)NSc1nc2ccccc2[nH]1. The predicted octanol–water partition coefficient (Wildman–Crippen LogP) is 3.13. The second-order valence-electron chi connectivity index (χ2n) is 5.41. The van der Waals surface area contributed by atoms with Crippen LogP contribution in [-0.2, 0) is 6.42 Å². The van der Waals surface area contributed by atoms with Gasteiger partial charge in [0, 0.05) is 24.1 Å². The quantitative estimate of drug-likeness (QED) is 0.555. The fraction of sp³-hybridized carbons (Fsp3) is 0.222. The van der Waals surface area contributed by atoms with Gasteiger partial charge in [-0.25, -0.2) is 9.78 Å². The molecule has 0 saturated carbocycles. The highest BCUT2D eigenvalue weighted by atomic mass is 32.2. The highest BCUT2D eigenvalue weighted by molar-refractivity contribution is 7.97. The number of para-hydroxylation sites is 2. The Morgan fingerprint density at radius 1 is 1.12 bits per heavy atom. The summed E-state index contributed by atoms with van der Waals surface area (Å²) < 4.78 is 13.4. The maximum Gasteiger partial charge on any atom is 0.325 e. The van der Waals surface area contributed by atoms with Crippen molar-refractivity contribution in [1.82, 2.24) is 20.0 Å². The lowest BCUT2D eigenvalue weighted by Gasteiger charge is -2.13. The molecule has 0 bridgehead atoms. The van der Waals surface area contributed by atoms with E-state index in [0.717, 1.165) is 40.0 Å². The number of amides is 2. The zero-order valence-electron chi connectivity index (χ0n) is 14.5. The minimum absolute atomic E-state index is 0.288. The van der Waals surface area contributed by atoms with E-state index in [2.05, 4.69) is 20.0 Å². The number of fused-ring (bicyclic) bond motifs is 1. The van der Waals surface area contributed by atoms with Crippen LogP contribution in [0.1, 0.15) is 5.56 Å². The Kier molecular flexibility index (Phi) is 5.85. The second kappa shape index (κ2) is 8.48. The monoisotopic (exact) mass is 372 g/mol. The average molecular weight is 372 g/mol. The highest BCUT2D eigenvalue weighted by Gasteiger charge is 2.10. The maximum atomic E-state index is 12.0. The van der Waals surface area contributed by atoms with Crippen LogP contribution in [0, 0.1) is 0 Å². The van der Waals surface area contributed by atoms with E-state index in [4.69, 9.17) is 9.47 Å². The maximum absolute atomic E-state index is 12.0. The molecule has 0 saturated heterocycles. The van der Waals surface area contributed by atoms with Gasteiger partial charge in [0.15, 0.2) is 5.16 Å². The first-order chi connectivity index (χ1) is 12.7. The standard InChI is InChI=1S/C18H20N4O3S/c1-24-15-8-5-9-16(25-2)12(15)10-11-19-17(23)22-26-18-20-13-6-3-4-7-14(13)21-18/h3-9H,10-11H2,1-2H3,(H,20,21)(H2,19,22,23). The largest absolute Gasteiger partial charge is 0.496 e. The van der Waals surface area contributed by atoms with Gasteiger partial charge in [0.05, 0.1) is 25.3 Å². The molecule has 0 aliphatic carbocycles. The molecular weight excluding hydrogens is 352 g/mol. The van der Waals surface area contributed by atoms with Crippen molar-refractivity contribution in [3.8, 4) is 11.5 Å². The number of rotatable bonds is 7. The fourth-order valence-electron chi connectivity index (χ4n) is 2.58. The summed E-state index contributed by atoms with van der Waals surface area (Å²) in [7, 11) is 3.23. The molecule has 2 amide bonds. The molecule has 26 heavy (non-hydrogen) atoms. The number of H-pyrrole nitrogens is 1. The molecule has 1 aromatic heterocycles. The van der Waals surface area contributed by atoms with Crippen LogP contribution >= 0.6 is 11.9 Å². The minimum atomic E-state index is -0.288. The molecule has 8 heteroatoms. The number of hydrogen-bond donors (Lipinski definition) is 3. The van der Waals surface area contributed by atoms with E-state index < -0.39 is 0 Å². The molecular formula is C18H20N4O3S. The van der Waals surface area contributed by atoms with Crippen molar-refractivity contribution >= 4 is 29.0 Å². The van der Waals surface area contributed by atoms with Gasteiger partial charge in [0.25, 0.3) is 0 Å². The summed E-state index contributed by atoms with van der Waals surface area (Å²) in [5, 5.41) is 3.45. The van der Waals surface area contributed by atoms with Crippen LogP contribution in [0.3, 0.4) is 0 Å². The Morgan fingerprint density at radius 2 is 1.85 bits per heavy atom. The Bertz CT molecular complexity index is 842. The first kappa shape index (κ1) is 17.9. The van der Waals surface area contributed by atoms with Gasteiger partial charge in [-0.15, -0.1) is 0 Å². The molecule has 3 N–H and O–H groups in total. The Hall–Kier alpha value is -2.87. The molecule has 0 aliphatic rings. The van der Waals surface area contributed by atoms with Gasteiger partial charge in [-0.3, -0.25) is 4.72 Å². The molecule has 3 rings (SSSR count). The molecule has 0 spiro atoms. The number of urea groups is 1. The topological polar surface area (TPSA) is 88.3 Å². The average Bonchev–Trinajstić information content (AvgIpc) is 3.09. The van der Waals surface area contributed by atoms with Crippen LogP contribution in [0.2, 0.25) is 0 Å². The number of aromatic nitrogens is 2. The van der Waals surface area contributed by atoms with Crippen LogP contribution in [-0.4, -0.2) is 36.8 Å². The zero-order chi connectivity index (χ0) is 18.4. The van der Waals surface area contributed by atoms with Crippen molar-refractivity contribution in [2.24, 2.45) is 0 Å². The third-order valence-corrected chi connectivity index (χ3v) is 4.47. The molecule has 0 fully saturated rings. The molecule has 0 aliphatic heterocycles. The molecule has 0 atom stereocenters. The van der Waals surface area contributed by atoms with Crippen molar-refractivity contribution < 1.29 is 14.3 Å². The normalized spacial score (nSPS) is 10.5. The number of hydrogen-bond acceptors (Lipinski definition) is 5. The summed E-state index contributed by atoms with van der Waals surface area (Å²) in [6, 6.07) is 13.0. The summed E-state index contributed by atoms with van der Waals surface area (Å²) in [5.74, 6) is 1.48. The van der Waals surface area contributed by atoms with Crippen LogP contribution in [0.15, 0.2) is 47.6 Å². The summed E-state index contributed by atoms with van der Waals surface area (Å²) in [4.78, 5) is 19.5. The second-order valence-corrected chi connectivity index (χ2v) is 6.21. The minimum Gasteiger partial charge on any atom is -0.496 e. The molecule has 3 aromatic rings. The van der Waals surface area contributed by atoms with Gasteiger partial charge in [-0.2, -0.15) is 0 Å². The Morgan fingerprint density at radius 3 is 2.54 bits per heavy atom. The Labute approximate surface area is 155 Å².